The van der Waals surface area contributed by atoms with Gasteiger partial charge in [-0.15, -0.1) is 0 Å². The maximum absolute atomic E-state index is 13.5. The predicted octanol–water partition coefficient (Wildman–Crippen LogP) is 6.14. The van der Waals surface area contributed by atoms with E-state index in [0.717, 1.165) is 11.6 Å². The van der Waals surface area contributed by atoms with E-state index in [4.69, 9.17) is 4.74 Å². The highest BCUT2D eigenvalue weighted by Gasteiger charge is 2.58. The van der Waals surface area contributed by atoms with Crippen LogP contribution < -0.4 is 4.74 Å². The minimum Gasteiger partial charge on any atom is -0.504 e. The van der Waals surface area contributed by atoms with E-state index in [9.17, 15) is 27.1 Å². The van der Waals surface area contributed by atoms with Gasteiger partial charge in [-0.1, -0.05) is 39.0 Å². The zero-order valence-corrected chi connectivity index (χ0v) is 13.8. The second-order valence-electron chi connectivity index (χ2n) is 6.63. The first kappa shape index (κ1) is 19.0. The van der Waals surface area contributed by atoms with Gasteiger partial charge in [-0.25, -0.2) is 0 Å². The maximum atomic E-state index is 13.5. The Morgan fingerprint density at radius 1 is 0.840 bits per heavy atom. The number of hydrogen-bond acceptors (Lipinski definition) is 2. The van der Waals surface area contributed by atoms with Crippen molar-refractivity contribution in [3.63, 3.8) is 0 Å². The van der Waals surface area contributed by atoms with E-state index in [2.05, 4.69) is 0 Å². The fourth-order valence-corrected chi connectivity index (χ4v) is 2.11. The molecule has 0 amide bonds. The molecule has 0 aliphatic heterocycles. The van der Waals surface area contributed by atoms with Gasteiger partial charge in [0.2, 0.25) is 0 Å². The summed E-state index contributed by atoms with van der Waals surface area (Å²) in [6.45, 7) is 5.77. The summed E-state index contributed by atoms with van der Waals surface area (Å²) in [5, 5.41) is 9.87. The van der Waals surface area contributed by atoms with Crippen LogP contribution in [0.3, 0.4) is 0 Å². The first-order valence-electron chi connectivity index (χ1n) is 7.39. The molecular weight excluding hydrogens is 343 g/mol. The van der Waals surface area contributed by atoms with E-state index in [-0.39, 0.29) is 22.7 Å². The summed E-state index contributed by atoms with van der Waals surface area (Å²) in [7, 11) is 0. The Hall–Kier alpha value is -2.31. The first-order chi connectivity index (χ1) is 11.3. The Morgan fingerprint density at radius 3 is 2.04 bits per heavy atom. The maximum Gasteiger partial charge on any atom is 0.458 e. The molecule has 0 bridgehead atoms. The van der Waals surface area contributed by atoms with Crippen molar-refractivity contribution in [2.24, 2.45) is 0 Å². The summed E-state index contributed by atoms with van der Waals surface area (Å²) < 4.78 is 69.7. The van der Waals surface area contributed by atoms with Gasteiger partial charge in [0.25, 0.3) is 0 Å². The topological polar surface area (TPSA) is 29.5 Å². The number of rotatable bonds is 3. The number of ether oxygens (including phenoxy) is 1. The Labute approximate surface area is 141 Å². The van der Waals surface area contributed by atoms with Crippen LogP contribution in [0.25, 0.3) is 0 Å². The molecule has 136 valence electrons. The van der Waals surface area contributed by atoms with E-state index < -0.39 is 17.7 Å². The highest BCUT2D eigenvalue weighted by Crippen LogP contribution is 2.45. The number of benzene rings is 2. The molecule has 0 radical (unpaired) electrons. The third kappa shape index (κ3) is 4.03. The highest BCUT2D eigenvalue weighted by atomic mass is 19.4. The summed E-state index contributed by atoms with van der Waals surface area (Å²) in [6.07, 6.45) is -5.71. The van der Waals surface area contributed by atoms with Crippen molar-refractivity contribution in [1.29, 1.82) is 0 Å². The van der Waals surface area contributed by atoms with Crippen LogP contribution in [-0.4, -0.2) is 11.3 Å². The molecule has 0 unspecified atom stereocenters. The number of alkyl halides is 5. The summed E-state index contributed by atoms with van der Waals surface area (Å²) in [4.78, 5) is 0. The van der Waals surface area contributed by atoms with Gasteiger partial charge in [0.15, 0.2) is 11.5 Å². The highest BCUT2D eigenvalue weighted by molar-refractivity contribution is 5.46. The zero-order valence-electron chi connectivity index (χ0n) is 13.8. The molecular formula is C18H17F5O2. The largest absolute Gasteiger partial charge is 0.504 e. The molecule has 0 spiro atoms. The molecule has 0 saturated carbocycles. The lowest BCUT2D eigenvalue weighted by atomic mass is 9.87. The molecule has 0 atom stereocenters. The van der Waals surface area contributed by atoms with Crippen LogP contribution in [0, 0.1) is 0 Å². The van der Waals surface area contributed by atoms with Gasteiger partial charge in [0.1, 0.15) is 5.75 Å². The quantitative estimate of drug-likeness (QED) is 0.667. The molecule has 0 heterocycles. The summed E-state index contributed by atoms with van der Waals surface area (Å²) in [5.41, 5.74) is -0.696. The van der Waals surface area contributed by atoms with Crippen molar-refractivity contribution in [3.05, 3.63) is 53.6 Å². The van der Waals surface area contributed by atoms with Crippen LogP contribution in [0.4, 0.5) is 22.0 Å². The van der Waals surface area contributed by atoms with Crippen molar-refractivity contribution < 1.29 is 31.8 Å². The summed E-state index contributed by atoms with van der Waals surface area (Å²) >= 11 is 0. The number of aromatic hydroxyl groups is 1. The van der Waals surface area contributed by atoms with Crippen LogP contribution in [0.2, 0.25) is 0 Å². The Bertz CT molecular complexity index is 761. The van der Waals surface area contributed by atoms with E-state index in [1.807, 2.05) is 20.8 Å². The molecule has 25 heavy (non-hydrogen) atoms. The van der Waals surface area contributed by atoms with Crippen LogP contribution in [0.5, 0.6) is 17.2 Å². The van der Waals surface area contributed by atoms with Crippen molar-refractivity contribution in [1.82, 2.24) is 0 Å². The predicted molar refractivity (Wildman–Crippen MR) is 83.3 cm³/mol. The van der Waals surface area contributed by atoms with Crippen LogP contribution in [0.15, 0.2) is 42.5 Å². The van der Waals surface area contributed by atoms with Crippen molar-refractivity contribution >= 4 is 0 Å². The fraction of sp³-hybridized carbons (Fsp3) is 0.333. The second-order valence-corrected chi connectivity index (χ2v) is 6.63. The van der Waals surface area contributed by atoms with Crippen LogP contribution >= 0.6 is 0 Å². The van der Waals surface area contributed by atoms with Crippen molar-refractivity contribution in [3.8, 4) is 17.2 Å². The standard InChI is InChI=1S/C18H17F5O2/c1-16(2,3)11-7-8-14(24)15(10-11)25-13-6-4-5-12(9-13)17(19,20)18(21,22)23/h4-10,24H,1-3H3. The van der Waals surface area contributed by atoms with Gasteiger partial charge < -0.3 is 9.84 Å². The van der Waals surface area contributed by atoms with Gasteiger partial charge in [-0.2, -0.15) is 22.0 Å². The zero-order chi connectivity index (χ0) is 19.0. The third-order valence-electron chi connectivity index (χ3n) is 3.61. The van der Waals surface area contributed by atoms with Gasteiger partial charge >= 0.3 is 12.1 Å². The molecule has 7 heteroatoms. The first-order valence-corrected chi connectivity index (χ1v) is 7.39. The van der Waals surface area contributed by atoms with Crippen molar-refractivity contribution in [2.75, 3.05) is 0 Å². The number of halogens is 5. The Balaban J connectivity index is 2.38. The molecule has 2 aromatic rings. The molecule has 0 aliphatic carbocycles. The van der Waals surface area contributed by atoms with E-state index in [1.54, 1.807) is 6.07 Å². The van der Waals surface area contributed by atoms with Crippen molar-refractivity contribution in [2.45, 2.75) is 38.3 Å². The lowest BCUT2D eigenvalue weighted by molar-refractivity contribution is -0.289. The monoisotopic (exact) mass is 360 g/mol. The third-order valence-corrected chi connectivity index (χ3v) is 3.61. The van der Waals surface area contributed by atoms with E-state index >= 15 is 0 Å². The average molecular weight is 360 g/mol. The molecule has 1 N–H and O–H groups in total. The van der Waals surface area contributed by atoms with Crippen LogP contribution in [-0.2, 0) is 11.3 Å². The SMILES string of the molecule is CC(C)(C)c1ccc(O)c(Oc2cccc(C(F)(F)C(F)(F)F)c2)c1. The molecule has 0 fully saturated rings. The second kappa shape index (κ2) is 6.20. The van der Waals surface area contributed by atoms with Crippen LogP contribution in [0.1, 0.15) is 31.9 Å². The number of hydrogen-bond donors (Lipinski definition) is 1. The number of phenolic OH excluding ortho intramolecular Hbond substituents is 1. The Kier molecular flexibility index (Phi) is 4.72. The van der Waals surface area contributed by atoms with Gasteiger partial charge in [0, 0.05) is 5.56 Å². The molecule has 2 nitrogen and oxygen atoms in total. The molecule has 0 saturated heterocycles. The normalized spacial score (nSPS) is 13.0. The lowest BCUT2D eigenvalue weighted by Crippen LogP contribution is -2.33. The Morgan fingerprint density at radius 2 is 1.48 bits per heavy atom. The van der Waals surface area contributed by atoms with Gasteiger partial charge in [0.05, 0.1) is 0 Å². The lowest BCUT2D eigenvalue weighted by Gasteiger charge is -2.21. The van der Waals surface area contributed by atoms with Gasteiger partial charge in [-0.3, -0.25) is 0 Å². The summed E-state index contributed by atoms with van der Waals surface area (Å²) in [5.74, 6) is -5.51. The minimum absolute atomic E-state index is 0.0279. The number of phenols is 1. The van der Waals surface area contributed by atoms with E-state index in [0.29, 0.717) is 12.1 Å². The van der Waals surface area contributed by atoms with Gasteiger partial charge in [-0.05, 0) is 35.2 Å². The van der Waals surface area contributed by atoms with E-state index in [1.165, 1.54) is 18.2 Å². The summed E-state index contributed by atoms with van der Waals surface area (Å²) in [6, 6.07) is 8.13. The molecule has 2 aromatic carbocycles. The molecule has 2 rings (SSSR count). The molecule has 0 aromatic heterocycles. The molecule has 0 aliphatic rings. The average Bonchev–Trinajstić information content (AvgIpc) is 2.47. The fourth-order valence-electron chi connectivity index (χ4n) is 2.11. The minimum atomic E-state index is -5.71. The smallest absolute Gasteiger partial charge is 0.458 e.